The Labute approximate surface area is 230 Å². The number of nitriles is 1. The molecule has 39 heavy (non-hydrogen) atoms. The standard InChI is InChI=1S/C29H28ClN7O2/c1-28(2)22-23(28)27(39)36(26(22)38)12-17-9-21-24(33-16-34-37(21)13-17)20-11-19(30)10-18-3-8-35(25(18)20)15-29(14-31)4-6-32-7-5-29/h3,8-11,13,16,22-23,32H,4-7,12,15H2,1-2H3. The summed E-state index contributed by atoms with van der Waals surface area (Å²) in [4.78, 5) is 31.9. The molecule has 1 aromatic carbocycles. The van der Waals surface area contributed by atoms with Crippen LogP contribution in [0.1, 0.15) is 32.3 Å². The van der Waals surface area contributed by atoms with Crippen LogP contribution in [0.5, 0.6) is 0 Å². The van der Waals surface area contributed by atoms with Gasteiger partial charge in [0.15, 0.2) is 0 Å². The lowest BCUT2D eigenvalue weighted by Crippen LogP contribution is -2.38. The highest BCUT2D eigenvalue weighted by molar-refractivity contribution is 6.32. The van der Waals surface area contributed by atoms with Crippen molar-refractivity contribution >= 4 is 39.8 Å². The largest absolute Gasteiger partial charge is 0.345 e. The summed E-state index contributed by atoms with van der Waals surface area (Å²) < 4.78 is 3.88. The Hall–Kier alpha value is -3.74. The number of imide groups is 1. The van der Waals surface area contributed by atoms with Gasteiger partial charge in [-0.25, -0.2) is 9.50 Å². The first-order chi connectivity index (χ1) is 18.7. The smallest absolute Gasteiger partial charge is 0.233 e. The molecule has 2 saturated heterocycles. The zero-order valence-corrected chi connectivity index (χ0v) is 22.6. The minimum absolute atomic E-state index is 0.0877. The summed E-state index contributed by atoms with van der Waals surface area (Å²) in [5.41, 5.74) is 3.39. The van der Waals surface area contributed by atoms with E-state index in [2.05, 4.69) is 26.0 Å². The van der Waals surface area contributed by atoms with Crippen molar-refractivity contribution < 1.29 is 9.59 Å². The average Bonchev–Trinajstić information content (AvgIpc) is 3.26. The van der Waals surface area contributed by atoms with Crippen molar-refractivity contribution in [3.8, 4) is 17.3 Å². The van der Waals surface area contributed by atoms with E-state index in [9.17, 15) is 14.9 Å². The fourth-order valence-corrected chi connectivity index (χ4v) is 7.01. The number of fused-ring (bicyclic) bond motifs is 3. The van der Waals surface area contributed by atoms with Gasteiger partial charge in [0.05, 0.1) is 46.6 Å². The number of carbonyl (C=O) groups is 2. The SMILES string of the molecule is CC1(C)C2C(=O)N(Cc3cc4c(-c5cc(Cl)cc6ccn(CC7(C#N)CCNCC7)c56)ncnn4c3)C(=O)C21. The molecule has 7 rings (SSSR count). The minimum Gasteiger partial charge on any atom is -0.345 e. The van der Waals surface area contributed by atoms with E-state index in [-0.39, 0.29) is 35.6 Å². The number of halogens is 1. The number of carbonyl (C=O) groups excluding carboxylic acids is 2. The second-order valence-corrected chi connectivity index (χ2v) is 12.2. The van der Waals surface area contributed by atoms with Crippen molar-refractivity contribution in [3.63, 3.8) is 0 Å². The first-order valence-corrected chi connectivity index (χ1v) is 13.7. The minimum atomic E-state index is -0.443. The summed E-state index contributed by atoms with van der Waals surface area (Å²) in [5, 5.41) is 19.4. The molecule has 198 valence electrons. The Kier molecular flexibility index (Phi) is 5.22. The van der Waals surface area contributed by atoms with Crippen molar-refractivity contribution in [3.05, 3.63) is 53.6 Å². The maximum atomic E-state index is 12.9. The average molecular weight is 542 g/mol. The van der Waals surface area contributed by atoms with E-state index in [1.54, 1.807) is 4.52 Å². The number of benzene rings is 1. The van der Waals surface area contributed by atoms with Crippen LogP contribution in [-0.2, 0) is 22.7 Å². The number of hydrogen-bond donors (Lipinski definition) is 1. The van der Waals surface area contributed by atoms with Crippen molar-refractivity contribution in [1.29, 1.82) is 5.26 Å². The normalized spacial score (nSPS) is 23.4. The Morgan fingerprint density at radius 3 is 2.62 bits per heavy atom. The molecule has 9 nitrogen and oxygen atoms in total. The lowest BCUT2D eigenvalue weighted by molar-refractivity contribution is -0.143. The second kappa shape index (κ2) is 8.38. The summed E-state index contributed by atoms with van der Waals surface area (Å²) in [6.07, 6.45) is 6.94. The molecule has 1 saturated carbocycles. The molecular weight excluding hydrogens is 514 g/mol. The molecule has 2 aliphatic heterocycles. The molecule has 0 radical (unpaired) electrons. The van der Waals surface area contributed by atoms with Gasteiger partial charge < -0.3 is 9.88 Å². The monoisotopic (exact) mass is 541 g/mol. The molecule has 2 amide bonds. The highest BCUT2D eigenvalue weighted by Gasteiger charge is 2.72. The molecule has 2 atom stereocenters. The van der Waals surface area contributed by atoms with Gasteiger partial charge in [0.1, 0.15) is 6.33 Å². The molecule has 4 aromatic rings. The summed E-state index contributed by atoms with van der Waals surface area (Å²) in [7, 11) is 0. The molecular formula is C29H28ClN7O2. The van der Waals surface area contributed by atoms with Gasteiger partial charge in [-0.05, 0) is 61.2 Å². The van der Waals surface area contributed by atoms with Crippen LogP contribution >= 0.6 is 11.6 Å². The van der Waals surface area contributed by atoms with Crippen LogP contribution in [0.2, 0.25) is 5.02 Å². The number of likely N-dealkylation sites (tertiary alicyclic amines) is 1. The molecule has 3 fully saturated rings. The molecule has 5 heterocycles. The quantitative estimate of drug-likeness (QED) is 0.382. The third kappa shape index (κ3) is 3.62. The van der Waals surface area contributed by atoms with Gasteiger partial charge in [-0.3, -0.25) is 14.5 Å². The highest BCUT2D eigenvalue weighted by atomic mass is 35.5. The molecule has 0 spiro atoms. The maximum absolute atomic E-state index is 12.9. The Balaban J connectivity index is 1.29. The molecule has 3 aromatic heterocycles. The fraction of sp³-hybridized carbons (Fsp3) is 0.414. The highest BCUT2D eigenvalue weighted by Crippen LogP contribution is 2.63. The zero-order valence-electron chi connectivity index (χ0n) is 21.8. The molecule has 1 N–H and O–H groups in total. The van der Waals surface area contributed by atoms with E-state index in [1.807, 2.05) is 50.5 Å². The molecule has 1 aliphatic carbocycles. The molecule has 10 heteroatoms. The van der Waals surface area contributed by atoms with Gasteiger partial charge in [-0.2, -0.15) is 10.4 Å². The number of aromatic nitrogens is 4. The number of rotatable bonds is 5. The summed E-state index contributed by atoms with van der Waals surface area (Å²) >= 11 is 6.57. The van der Waals surface area contributed by atoms with Crippen LogP contribution in [0.3, 0.4) is 0 Å². The first-order valence-electron chi connectivity index (χ1n) is 13.3. The van der Waals surface area contributed by atoms with Crippen LogP contribution < -0.4 is 5.32 Å². The van der Waals surface area contributed by atoms with Gasteiger partial charge in [-0.15, -0.1) is 0 Å². The fourth-order valence-electron chi connectivity index (χ4n) is 6.78. The van der Waals surface area contributed by atoms with Crippen LogP contribution in [-0.4, -0.2) is 49.0 Å². The van der Waals surface area contributed by atoms with E-state index in [0.29, 0.717) is 17.3 Å². The van der Waals surface area contributed by atoms with E-state index in [4.69, 9.17) is 11.6 Å². The topological polar surface area (TPSA) is 108 Å². The van der Waals surface area contributed by atoms with Crippen molar-refractivity contribution in [2.75, 3.05) is 13.1 Å². The van der Waals surface area contributed by atoms with Gasteiger partial charge >= 0.3 is 0 Å². The Morgan fingerprint density at radius 2 is 1.90 bits per heavy atom. The Bertz CT molecular complexity index is 1700. The summed E-state index contributed by atoms with van der Waals surface area (Å²) in [5.74, 6) is -0.589. The summed E-state index contributed by atoms with van der Waals surface area (Å²) in [6, 6.07) is 10.4. The molecule has 2 unspecified atom stereocenters. The van der Waals surface area contributed by atoms with Crippen LogP contribution in [0.4, 0.5) is 0 Å². The molecule has 3 aliphatic rings. The van der Waals surface area contributed by atoms with Crippen molar-refractivity contribution in [2.24, 2.45) is 22.7 Å². The Morgan fingerprint density at radius 1 is 1.15 bits per heavy atom. The lowest BCUT2D eigenvalue weighted by Gasteiger charge is -2.32. The number of piperidine rings is 2. The van der Waals surface area contributed by atoms with Gasteiger partial charge in [0.25, 0.3) is 0 Å². The van der Waals surface area contributed by atoms with Gasteiger partial charge in [0.2, 0.25) is 11.8 Å². The third-order valence-electron chi connectivity index (χ3n) is 9.05. The second-order valence-electron chi connectivity index (χ2n) is 11.8. The van der Waals surface area contributed by atoms with Gasteiger partial charge in [-0.1, -0.05) is 25.4 Å². The van der Waals surface area contributed by atoms with E-state index >= 15 is 0 Å². The summed E-state index contributed by atoms with van der Waals surface area (Å²) in [6.45, 7) is 6.40. The lowest BCUT2D eigenvalue weighted by atomic mass is 9.80. The van der Waals surface area contributed by atoms with Crippen LogP contribution in [0, 0.1) is 34.0 Å². The predicted molar refractivity (Wildman–Crippen MR) is 145 cm³/mol. The van der Waals surface area contributed by atoms with E-state index < -0.39 is 5.41 Å². The van der Waals surface area contributed by atoms with Crippen molar-refractivity contribution in [2.45, 2.75) is 39.8 Å². The van der Waals surface area contributed by atoms with E-state index in [0.717, 1.165) is 53.5 Å². The van der Waals surface area contributed by atoms with E-state index in [1.165, 1.54) is 11.2 Å². The predicted octanol–water partition coefficient (Wildman–Crippen LogP) is 4.04. The van der Waals surface area contributed by atoms with Crippen LogP contribution in [0.15, 0.2) is 43.0 Å². The number of hydrogen-bond acceptors (Lipinski definition) is 6. The number of amides is 2. The third-order valence-corrected chi connectivity index (χ3v) is 9.26. The van der Waals surface area contributed by atoms with Gasteiger partial charge in [0, 0.05) is 34.9 Å². The number of nitrogens with one attached hydrogen (secondary N) is 1. The first kappa shape index (κ1) is 24.3. The number of nitrogens with zero attached hydrogens (tertiary/aromatic N) is 6. The van der Waals surface area contributed by atoms with Crippen LogP contribution in [0.25, 0.3) is 27.7 Å². The molecule has 0 bridgehead atoms. The zero-order chi connectivity index (χ0) is 27.1. The maximum Gasteiger partial charge on any atom is 0.233 e. The van der Waals surface area contributed by atoms with Crippen molar-refractivity contribution in [1.82, 2.24) is 29.4 Å².